The molecule has 0 amide bonds. The molecule has 0 bridgehead atoms. The SMILES string of the molecule is COC(=O)Cc1ccc(OS(=O)(=O)CC2CCCCC2)cc1. The minimum atomic E-state index is -3.57. The van der Waals surface area contributed by atoms with E-state index in [0.29, 0.717) is 0 Å². The van der Waals surface area contributed by atoms with Crippen molar-refractivity contribution in [3.63, 3.8) is 0 Å². The Balaban J connectivity index is 1.92. The quantitative estimate of drug-likeness (QED) is 0.594. The van der Waals surface area contributed by atoms with Crippen LogP contribution in [-0.2, 0) is 26.1 Å². The minimum Gasteiger partial charge on any atom is -0.469 e. The molecule has 0 saturated heterocycles. The van der Waals surface area contributed by atoms with Gasteiger partial charge in [-0.1, -0.05) is 31.4 Å². The van der Waals surface area contributed by atoms with Gasteiger partial charge in [-0.25, -0.2) is 0 Å². The number of carbonyl (C=O) groups excluding carboxylic acids is 1. The van der Waals surface area contributed by atoms with Gasteiger partial charge in [0.25, 0.3) is 0 Å². The number of carbonyl (C=O) groups is 1. The molecule has 1 aliphatic carbocycles. The number of methoxy groups -OCH3 is 1. The molecular weight excluding hydrogens is 304 g/mol. The number of rotatable bonds is 6. The van der Waals surface area contributed by atoms with E-state index in [1.165, 1.54) is 13.5 Å². The summed E-state index contributed by atoms with van der Waals surface area (Å²) in [5.74, 6) is 0.233. The summed E-state index contributed by atoms with van der Waals surface area (Å²) < 4.78 is 33.9. The van der Waals surface area contributed by atoms with Gasteiger partial charge in [0.1, 0.15) is 5.75 Å². The summed E-state index contributed by atoms with van der Waals surface area (Å²) in [6.07, 6.45) is 5.47. The molecule has 122 valence electrons. The van der Waals surface area contributed by atoms with Crippen molar-refractivity contribution in [1.82, 2.24) is 0 Å². The minimum absolute atomic E-state index is 0.0803. The number of hydrogen-bond acceptors (Lipinski definition) is 5. The molecule has 22 heavy (non-hydrogen) atoms. The van der Waals surface area contributed by atoms with Gasteiger partial charge in [-0.05, 0) is 36.5 Å². The van der Waals surface area contributed by atoms with E-state index in [2.05, 4.69) is 4.74 Å². The van der Waals surface area contributed by atoms with Gasteiger partial charge in [0.15, 0.2) is 0 Å². The average molecular weight is 326 g/mol. The highest BCUT2D eigenvalue weighted by Gasteiger charge is 2.22. The van der Waals surface area contributed by atoms with E-state index in [1.54, 1.807) is 24.3 Å². The first-order chi connectivity index (χ1) is 10.5. The van der Waals surface area contributed by atoms with Crippen LogP contribution in [0.5, 0.6) is 5.75 Å². The molecule has 1 fully saturated rings. The van der Waals surface area contributed by atoms with Crippen LogP contribution in [0.4, 0.5) is 0 Å². The summed E-state index contributed by atoms with van der Waals surface area (Å²) >= 11 is 0. The molecular formula is C16H22O5S. The van der Waals surface area contributed by atoms with Crippen molar-refractivity contribution in [3.8, 4) is 5.75 Å². The van der Waals surface area contributed by atoms with Crippen LogP contribution in [-0.4, -0.2) is 27.2 Å². The number of esters is 1. The van der Waals surface area contributed by atoms with Crippen LogP contribution in [0.1, 0.15) is 37.7 Å². The number of hydrogen-bond donors (Lipinski definition) is 0. The van der Waals surface area contributed by atoms with Crippen LogP contribution >= 0.6 is 0 Å². The lowest BCUT2D eigenvalue weighted by Gasteiger charge is -2.21. The Morgan fingerprint density at radius 1 is 1.14 bits per heavy atom. The van der Waals surface area contributed by atoms with Crippen molar-refractivity contribution < 1.29 is 22.1 Å². The molecule has 0 spiro atoms. The van der Waals surface area contributed by atoms with E-state index in [-0.39, 0.29) is 29.8 Å². The van der Waals surface area contributed by atoms with Gasteiger partial charge in [-0.15, -0.1) is 0 Å². The molecule has 2 rings (SSSR count). The molecule has 0 heterocycles. The van der Waals surface area contributed by atoms with Gasteiger partial charge in [-0.2, -0.15) is 8.42 Å². The summed E-state index contributed by atoms with van der Waals surface area (Å²) in [6, 6.07) is 6.47. The standard InChI is InChI=1S/C16H22O5S/c1-20-16(17)11-13-7-9-15(10-8-13)21-22(18,19)12-14-5-3-2-4-6-14/h7-10,14H,2-6,11-12H2,1H3. The highest BCUT2D eigenvalue weighted by Crippen LogP contribution is 2.26. The molecule has 1 aromatic carbocycles. The molecule has 0 N–H and O–H groups in total. The molecule has 5 nitrogen and oxygen atoms in total. The topological polar surface area (TPSA) is 69.7 Å². The first-order valence-corrected chi connectivity index (χ1v) is 9.14. The molecule has 0 aromatic heterocycles. The van der Waals surface area contributed by atoms with Gasteiger partial charge in [0.05, 0.1) is 19.3 Å². The Kier molecular flexibility index (Phi) is 5.83. The molecule has 0 radical (unpaired) electrons. The Hall–Kier alpha value is -1.56. The fourth-order valence-corrected chi connectivity index (χ4v) is 4.11. The molecule has 0 aliphatic heterocycles. The van der Waals surface area contributed by atoms with E-state index in [1.807, 2.05) is 0 Å². The summed E-state index contributed by atoms with van der Waals surface area (Å²) in [4.78, 5) is 11.2. The Labute approximate surface area is 131 Å². The summed E-state index contributed by atoms with van der Waals surface area (Å²) in [5, 5.41) is 0. The fourth-order valence-electron chi connectivity index (χ4n) is 2.72. The van der Waals surface area contributed by atoms with Crippen molar-refractivity contribution in [2.24, 2.45) is 5.92 Å². The lowest BCUT2D eigenvalue weighted by Crippen LogP contribution is -2.22. The maximum absolute atomic E-state index is 12.1. The van der Waals surface area contributed by atoms with Crippen LogP contribution in [0.3, 0.4) is 0 Å². The maximum atomic E-state index is 12.1. The van der Waals surface area contributed by atoms with Crippen LogP contribution < -0.4 is 4.18 Å². The number of ether oxygens (including phenoxy) is 1. The summed E-state index contributed by atoms with van der Waals surface area (Å²) in [5.41, 5.74) is 0.754. The van der Waals surface area contributed by atoms with Gasteiger partial charge >= 0.3 is 16.1 Å². The first-order valence-electron chi connectivity index (χ1n) is 7.56. The smallest absolute Gasteiger partial charge is 0.309 e. The zero-order valence-electron chi connectivity index (χ0n) is 12.8. The Morgan fingerprint density at radius 3 is 2.36 bits per heavy atom. The second-order valence-electron chi connectivity index (χ2n) is 5.71. The monoisotopic (exact) mass is 326 g/mol. The van der Waals surface area contributed by atoms with Gasteiger partial charge < -0.3 is 8.92 Å². The molecule has 1 saturated carbocycles. The molecule has 6 heteroatoms. The third-order valence-corrected chi connectivity index (χ3v) is 5.21. The summed E-state index contributed by atoms with van der Waals surface area (Å²) in [6.45, 7) is 0. The fraction of sp³-hybridized carbons (Fsp3) is 0.562. The van der Waals surface area contributed by atoms with Gasteiger partial charge in [0, 0.05) is 0 Å². The third kappa shape index (κ3) is 5.33. The average Bonchev–Trinajstić information content (AvgIpc) is 2.49. The van der Waals surface area contributed by atoms with E-state index in [0.717, 1.165) is 31.2 Å². The van der Waals surface area contributed by atoms with Crippen molar-refractivity contribution >= 4 is 16.1 Å². The van der Waals surface area contributed by atoms with Crippen molar-refractivity contribution in [2.45, 2.75) is 38.5 Å². The first kappa shape index (κ1) is 16.8. The van der Waals surface area contributed by atoms with Crippen LogP contribution in [0.25, 0.3) is 0 Å². The zero-order chi connectivity index (χ0) is 16.0. The normalized spacial score (nSPS) is 16.2. The lowest BCUT2D eigenvalue weighted by atomic mass is 9.91. The van der Waals surface area contributed by atoms with Gasteiger partial charge in [-0.3, -0.25) is 4.79 Å². The third-order valence-electron chi connectivity index (χ3n) is 3.89. The highest BCUT2D eigenvalue weighted by molar-refractivity contribution is 7.87. The van der Waals surface area contributed by atoms with Crippen LogP contribution in [0, 0.1) is 5.92 Å². The maximum Gasteiger partial charge on any atom is 0.309 e. The Bertz CT molecular complexity index is 585. The van der Waals surface area contributed by atoms with E-state index in [4.69, 9.17) is 4.18 Å². The Morgan fingerprint density at radius 2 is 1.77 bits per heavy atom. The van der Waals surface area contributed by atoms with Crippen molar-refractivity contribution in [1.29, 1.82) is 0 Å². The van der Waals surface area contributed by atoms with Crippen molar-refractivity contribution in [2.75, 3.05) is 12.9 Å². The number of benzene rings is 1. The zero-order valence-corrected chi connectivity index (χ0v) is 13.6. The predicted molar refractivity (Wildman–Crippen MR) is 83.2 cm³/mol. The summed E-state index contributed by atoms with van der Waals surface area (Å²) in [7, 11) is -2.24. The second-order valence-corrected chi connectivity index (χ2v) is 7.32. The highest BCUT2D eigenvalue weighted by atomic mass is 32.2. The van der Waals surface area contributed by atoms with E-state index < -0.39 is 10.1 Å². The second kappa shape index (κ2) is 7.63. The van der Waals surface area contributed by atoms with E-state index >= 15 is 0 Å². The van der Waals surface area contributed by atoms with Crippen LogP contribution in [0.2, 0.25) is 0 Å². The van der Waals surface area contributed by atoms with E-state index in [9.17, 15) is 13.2 Å². The lowest BCUT2D eigenvalue weighted by molar-refractivity contribution is -0.139. The largest absolute Gasteiger partial charge is 0.469 e. The van der Waals surface area contributed by atoms with Crippen molar-refractivity contribution in [3.05, 3.63) is 29.8 Å². The van der Waals surface area contributed by atoms with Crippen LogP contribution in [0.15, 0.2) is 24.3 Å². The molecule has 0 atom stereocenters. The molecule has 1 aliphatic rings. The molecule has 1 aromatic rings. The van der Waals surface area contributed by atoms with Gasteiger partial charge in [0.2, 0.25) is 0 Å². The molecule has 0 unspecified atom stereocenters. The predicted octanol–water partition coefficient (Wildman–Crippen LogP) is 2.69.